The first kappa shape index (κ1) is 8.75. The number of aryl methyl sites for hydroxylation is 1. The van der Waals surface area contributed by atoms with Crippen LogP contribution in [0.25, 0.3) is 0 Å². The second kappa shape index (κ2) is 3.71. The van der Waals surface area contributed by atoms with Crippen LogP contribution in [0.1, 0.15) is 5.89 Å². The predicted octanol–water partition coefficient (Wildman–Crippen LogP) is -3.70. The first-order chi connectivity index (χ1) is 3.29. The smallest absolute Gasteiger partial charge is 0.505 e. The largest absolute Gasteiger partial charge is 1.00 e. The van der Waals surface area contributed by atoms with Crippen LogP contribution in [0.5, 0.6) is 0 Å². The van der Waals surface area contributed by atoms with E-state index in [1.54, 1.807) is 6.92 Å². The zero-order valence-electron chi connectivity index (χ0n) is 4.71. The quantitative estimate of drug-likeness (QED) is 0.417. The van der Waals surface area contributed by atoms with Crippen molar-refractivity contribution in [1.29, 1.82) is 0 Å². The maximum absolute atomic E-state index is 9.95. The Hall–Kier alpha value is 0.745. The van der Waals surface area contributed by atoms with Crippen LogP contribution in [-0.4, -0.2) is 5.10 Å². The third-order valence-electron chi connectivity index (χ3n) is 0.507. The molecule has 0 saturated heterocycles. The van der Waals surface area contributed by atoms with Crippen LogP contribution >= 0.6 is 0 Å². The van der Waals surface area contributed by atoms with Gasteiger partial charge < -0.3 is 14.6 Å². The molecule has 1 rings (SSSR count). The number of nitrogens with zero attached hydrogens (tertiary/aromatic N) is 2. The monoisotopic (exact) mass is 184 g/mol. The van der Waals surface area contributed by atoms with Crippen LogP contribution in [0.4, 0.5) is 0 Å². The fourth-order valence-corrected chi connectivity index (χ4v) is 0.278. The molecule has 8 heavy (non-hydrogen) atoms. The average Bonchev–Trinajstić information content (AvgIpc) is 1.87. The second-order valence-electron chi connectivity index (χ2n) is 1.09. The normalized spacial score (nSPS) is 8.12. The summed E-state index contributed by atoms with van der Waals surface area (Å²) < 4.78 is 4.31. The van der Waals surface area contributed by atoms with Crippen molar-refractivity contribution in [1.82, 2.24) is 10.2 Å². The van der Waals surface area contributed by atoms with Crippen LogP contribution in [0.15, 0.2) is 9.21 Å². The van der Waals surface area contributed by atoms with Gasteiger partial charge in [-0.1, -0.05) is 0 Å². The van der Waals surface area contributed by atoms with Crippen LogP contribution < -0.4 is 69.0 Å². The third-order valence-corrected chi connectivity index (χ3v) is 0.507. The molecule has 1 aromatic rings. The summed E-state index contributed by atoms with van der Waals surface area (Å²) in [7, 11) is 0. The maximum atomic E-state index is 9.95. The van der Waals surface area contributed by atoms with E-state index in [1.807, 2.05) is 0 Å². The molecule has 0 aliphatic carbocycles. The molecule has 0 atom stereocenters. The number of hydrogen-bond donors (Lipinski definition) is 0. The van der Waals surface area contributed by atoms with Crippen LogP contribution in [-0.2, 0) is 0 Å². The van der Waals surface area contributed by atoms with Crippen molar-refractivity contribution in [2.75, 3.05) is 0 Å². The Morgan fingerprint density at radius 2 is 2.38 bits per heavy atom. The average molecular weight is 185 g/mol. The van der Waals surface area contributed by atoms with E-state index >= 15 is 0 Å². The van der Waals surface area contributed by atoms with Gasteiger partial charge in [0.15, 0.2) is 5.89 Å². The van der Waals surface area contributed by atoms with E-state index < -0.39 is 5.76 Å². The summed E-state index contributed by atoms with van der Waals surface area (Å²) in [4.78, 5) is 9.95. The molecule has 0 aliphatic heterocycles. The van der Waals surface area contributed by atoms with E-state index in [0.29, 0.717) is 5.89 Å². The second-order valence-corrected chi connectivity index (χ2v) is 1.09. The molecule has 38 valence electrons. The van der Waals surface area contributed by atoms with Gasteiger partial charge in [0.2, 0.25) is 0 Å². The van der Waals surface area contributed by atoms with Gasteiger partial charge in [0, 0.05) is 6.92 Å². The fraction of sp³-hybridized carbons (Fsp3) is 0.333. The molecule has 0 aromatic carbocycles. The number of hydrogen-bond acceptors (Lipinski definition) is 3. The van der Waals surface area contributed by atoms with Crippen molar-refractivity contribution < 1.29 is 62.6 Å². The van der Waals surface area contributed by atoms with Gasteiger partial charge in [-0.15, -0.1) is 0 Å². The van der Waals surface area contributed by atoms with Crippen molar-refractivity contribution >= 4 is 0 Å². The summed E-state index contributed by atoms with van der Waals surface area (Å²) in [6.45, 7) is 1.56. The molecule has 1 heterocycles. The van der Waals surface area contributed by atoms with Crippen LogP contribution in [0.3, 0.4) is 0 Å². The standard InChI is InChI=1S/C3H4N2O2.Rb/c1-2-4-5-3(6)7-2;/h1H3,(H,5,6);/q;+1/p-1. The van der Waals surface area contributed by atoms with Crippen molar-refractivity contribution in [3.8, 4) is 0 Å². The molecule has 4 nitrogen and oxygen atoms in total. The minimum absolute atomic E-state index is 0. The Bertz CT molecular complexity index is 203. The molecule has 0 fully saturated rings. The van der Waals surface area contributed by atoms with Gasteiger partial charge in [-0.25, -0.2) is 0 Å². The van der Waals surface area contributed by atoms with Crippen molar-refractivity contribution in [3.63, 3.8) is 0 Å². The Kier molecular flexibility index (Phi) is 4.06. The van der Waals surface area contributed by atoms with E-state index in [1.165, 1.54) is 0 Å². The Labute approximate surface area is 94.5 Å². The van der Waals surface area contributed by atoms with E-state index in [0.717, 1.165) is 0 Å². The van der Waals surface area contributed by atoms with Gasteiger partial charge in [0.1, 0.15) is 0 Å². The fourth-order valence-electron chi connectivity index (χ4n) is 0.278. The molecular formula is C3H3N2O2Rb. The number of aromatic nitrogens is 2. The summed E-state index contributed by atoms with van der Waals surface area (Å²) >= 11 is 0. The van der Waals surface area contributed by atoms with E-state index in [4.69, 9.17) is 0 Å². The Balaban J connectivity index is 0.000000490. The van der Waals surface area contributed by atoms with Crippen molar-refractivity contribution in [3.05, 3.63) is 16.4 Å². The zero-order valence-corrected chi connectivity index (χ0v) is 9.63. The molecule has 0 unspecified atom stereocenters. The Morgan fingerprint density at radius 1 is 1.75 bits per heavy atom. The molecule has 0 spiro atoms. The summed E-state index contributed by atoms with van der Waals surface area (Å²) in [6.07, 6.45) is 0. The molecule has 5 heteroatoms. The number of rotatable bonds is 0. The third kappa shape index (κ3) is 2.34. The molecule has 0 bridgehead atoms. The van der Waals surface area contributed by atoms with Gasteiger partial charge in [-0.3, -0.25) is 4.79 Å². The molecule has 1 aromatic heterocycles. The molecule has 0 N–H and O–H groups in total. The van der Waals surface area contributed by atoms with E-state index in [2.05, 4.69) is 14.6 Å². The predicted molar refractivity (Wildman–Crippen MR) is 20.8 cm³/mol. The molecule has 0 saturated carbocycles. The minimum Gasteiger partial charge on any atom is -0.505 e. The van der Waals surface area contributed by atoms with Crippen molar-refractivity contribution in [2.24, 2.45) is 0 Å². The van der Waals surface area contributed by atoms with Gasteiger partial charge in [-0.05, 0) is 0 Å². The van der Waals surface area contributed by atoms with Gasteiger partial charge in [0.05, 0.1) is 0 Å². The minimum atomic E-state index is -0.627. The van der Waals surface area contributed by atoms with Crippen LogP contribution in [0.2, 0.25) is 0 Å². The first-order valence-corrected chi connectivity index (χ1v) is 1.76. The maximum Gasteiger partial charge on any atom is 1.00 e. The molecule has 0 amide bonds. The summed E-state index contributed by atoms with van der Waals surface area (Å²) in [5.74, 6) is -0.317. The van der Waals surface area contributed by atoms with E-state index in [-0.39, 0.29) is 58.2 Å². The SMILES string of the molecule is Cc1n[n-]c(=O)o1.[Rb+]. The van der Waals surface area contributed by atoms with Gasteiger partial charge in [0.25, 0.3) is 5.76 Å². The van der Waals surface area contributed by atoms with Crippen LogP contribution in [0, 0.1) is 6.92 Å². The zero-order chi connectivity index (χ0) is 5.28. The first-order valence-electron chi connectivity index (χ1n) is 1.76. The molecule has 0 radical (unpaired) electrons. The van der Waals surface area contributed by atoms with E-state index in [9.17, 15) is 4.79 Å². The molecule has 0 aliphatic rings. The summed E-state index contributed by atoms with van der Waals surface area (Å²) in [5.41, 5.74) is 0. The summed E-state index contributed by atoms with van der Waals surface area (Å²) in [6, 6.07) is 0. The summed E-state index contributed by atoms with van der Waals surface area (Å²) in [5, 5.41) is 6.33. The van der Waals surface area contributed by atoms with Crippen molar-refractivity contribution in [2.45, 2.75) is 6.92 Å². The topological polar surface area (TPSA) is 57.2 Å². The van der Waals surface area contributed by atoms with Gasteiger partial charge in [-0.2, -0.15) is 0 Å². The molecular weight excluding hydrogens is 182 g/mol. The Morgan fingerprint density at radius 3 is 2.50 bits per heavy atom. The van der Waals surface area contributed by atoms with Gasteiger partial charge >= 0.3 is 58.2 Å².